The molecule has 6 nitrogen and oxygen atoms in total. The van der Waals surface area contributed by atoms with Crippen LogP contribution in [-0.4, -0.2) is 27.2 Å². The molecule has 1 aliphatic carbocycles. The van der Waals surface area contributed by atoms with Crippen LogP contribution in [0.3, 0.4) is 0 Å². The zero-order chi connectivity index (χ0) is 19.6. The third-order valence-corrected chi connectivity index (χ3v) is 5.02. The van der Waals surface area contributed by atoms with Crippen molar-refractivity contribution >= 4 is 28.9 Å². The van der Waals surface area contributed by atoms with E-state index in [4.69, 9.17) is 23.2 Å². The van der Waals surface area contributed by atoms with Gasteiger partial charge in [-0.15, -0.1) is 13.2 Å². The summed E-state index contributed by atoms with van der Waals surface area (Å²) in [7, 11) is 0. The van der Waals surface area contributed by atoms with E-state index in [1.54, 1.807) is 0 Å². The maximum atomic E-state index is 12.2. The van der Waals surface area contributed by atoms with Crippen molar-refractivity contribution in [1.82, 2.24) is 14.8 Å². The fourth-order valence-electron chi connectivity index (χ4n) is 3.03. The molecule has 1 saturated carbocycles. The van der Waals surface area contributed by atoms with Crippen LogP contribution in [0.2, 0.25) is 10.0 Å². The van der Waals surface area contributed by atoms with Crippen molar-refractivity contribution in [3.05, 3.63) is 44.9 Å². The zero-order valence-electron chi connectivity index (χ0n) is 13.8. The molecule has 1 N–H and O–H groups in total. The summed E-state index contributed by atoms with van der Waals surface area (Å²) in [5.74, 6) is -0.512. The number of ether oxygens (including phenoxy) is 1. The van der Waals surface area contributed by atoms with E-state index in [9.17, 15) is 18.0 Å². The van der Waals surface area contributed by atoms with Gasteiger partial charge in [-0.2, -0.15) is 5.10 Å². The summed E-state index contributed by atoms with van der Waals surface area (Å²) in [6.07, 6.45) is 0.775. The molecule has 3 rings (SSSR count). The third-order valence-electron chi connectivity index (χ3n) is 4.27. The van der Waals surface area contributed by atoms with Gasteiger partial charge in [-0.05, 0) is 31.7 Å². The van der Waals surface area contributed by atoms with E-state index in [0.717, 1.165) is 18.9 Å². The lowest BCUT2D eigenvalue weighted by molar-refractivity contribution is -0.276. The van der Waals surface area contributed by atoms with Crippen molar-refractivity contribution in [2.45, 2.75) is 44.1 Å². The van der Waals surface area contributed by atoms with Gasteiger partial charge in [-0.3, -0.25) is 4.79 Å². The predicted octanol–water partition coefficient (Wildman–Crippen LogP) is 4.44. The highest BCUT2D eigenvalue weighted by Crippen LogP contribution is 2.30. The molecule has 146 valence electrons. The summed E-state index contributed by atoms with van der Waals surface area (Å²) in [5.41, 5.74) is 0.183. The van der Waals surface area contributed by atoms with Gasteiger partial charge in [-0.1, -0.05) is 23.2 Å². The molecule has 27 heavy (non-hydrogen) atoms. The van der Waals surface area contributed by atoms with Crippen LogP contribution in [0.4, 0.5) is 18.9 Å². The summed E-state index contributed by atoms with van der Waals surface area (Å²) < 4.78 is 41.5. The fourth-order valence-corrected chi connectivity index (χ4v) is 3.29. The molecule has 0 unspecified atom stereocenters. The molecule has 0 saturated heterocycles. The Morgan fingerprint density at radius 2 is 1.85 bits per heavy atom. The molecule has 0 bridgehead atoms. The number of nitrogens with one attached hydrogen (secondary N) is 1. The lowest BCUT2D eigenvalue weighted by Gasteiger charge is -2.30. The number of hydrogen-bond acceptors (Lipinski definition) is 5. The maximum Gasteiger partial charge on any atom is 0.574 e. The highest BCUT2D eigenvalue weighted by Gasteiger charge is 2.31. The van der Waals surface area contributed by atoms with Crippen LogP contribution in [0.25, 0.3) is 0 Å². The molecular weight excluding hydrogens is 408 g/mol. The van der Waals surface area contributed by atoms with E-state index in [-0.39, 0.29) is 22.1 Å². The molecule has 0 atom stereocenters. The van der Waals surface area contributed by atoms with E-state index in [1.165, 1.54) is 23.1 Å². The first-order chi connectivity index (χ1) is 12.7. The summed E-state index contributed by atoms with van der Waals surface area (Å²) in [5, 5.41) is 7.37. The van der Waals surface area contributed by atoms with Crippen molar-refractivity contribution in [3.63, 3.8) is 0 Å². The minimum Gasteiger partial charge on any atom is -0.388 e. The zero-order valence-corrected chi connectivity index (χ0v) is 15.4. The highest BCUT2D eigenvalue weighted by molar-refractivity contribution is 6.41. The molecule has 0 aliphatic heterocycles. The molecule has 0 amide bonds. The molecular formula is C16H15Cl2F3N4O2. The Balaban J connectivity index is 1.57. The van der Waals surface area contributed by atoms with Gasteiger partial charge < -0.3 is 10.1 Å². The Hall–Kier alpha value is -2.00. The Labute approximate surface area is 162 Å². The molecule has 2 heterocycles. The van der Waals surface area contributed by atoms with Gasteiger partial charge in [0.05, 0.1) is 29.1 Å². The van der Waals surface area contributed by atoms with Crippen LogP contribution in [0.15, 0.2) is 29.3 Å². The first kappa shape index (κ1) is 19.8. The molecule has 1 fully saturated rings. The van der Waals surface area contributed by atoms with Crippen LogP contribution in [-0.2, 0) is 0 Å². The molecule has 2 aromatic rings. The second-order valence-electron chi connectivity index (χ2n) is 6.14. The minimum atomic E-state index is -4.77. The molecule has 0 radical (unpaired) electrons. The van der Waals surface area contributed by atoms with Gasteiger partial charge in [-0.25, -0.2) is 9.67 Å². The van der Waals surface area contributed by atoms with Crippen molar-refractivity contribution in [2.24, 2.45) is 0 Å². The first-order valence-corrected chi connectivity index (χ1v) is 8.89. The van der Waals surface area contributed by atoms with Crippen molar-refractivity contribution in [3.8, 4) is 5.88 Å². The number of nitrogens with zero attached hydrogens (tertiary/aromatic N) is 3. The Kier molecular flexibility index (Phi) is 5.81. The summed E-state index contributed by atoms with van der Waals surface area (Å²) in [6, 6.07) is 2.66. The SMILES string of the molecule is O=c1c(Cl)c(Cl)cnn1[C@H]1CC[C@@H](Nc2ccc(OC(F)(F)F)nc2)CC1. The fraction of sp³-hybridized carbons (Fsp3) is 0.438. The Bertz CT molecular complexity index is 850. The highest BCUT2D eigenvalue weighted by atomic mass is 35.5. The summed E-state index contributed by atoms with van der Waals surface area (Å²) in [4.78, 5) is 15.8. The number of halogens is 5. The van der Waals surface area contributed by atoms with Crippen LogP contribution < -0.4 is 15.6 Å². The topological polar surface area (TPSA) is 69.0 Å². The second kappa shape index (κ2) is 7.93. The normalized spacial score (nSPS) is 20.3. The quantitative estimate of drug-likeness (QED) is 0.788. The van der Waals surface area contributed by atoms with Gasteiger partial charge in [0.25, 0.3) is 5.56 Å². The number of aromatic nitrogens is 3. The standard InChI is InChI=1S/C16H15Cl2F3N4O2/c17-12-8-23-25(15(26)14(12)18)11-4-1-9(2-5-11)24-10-3-6-13(22-7-10)27-16(19,20)21/h3,6-9,11,24H,1-2,4-5H2/t9-,11+. The smallest absolute Gasteiger partial charge is 0.388 e. The number of hydrogen-bond donors (Lipinski definition) is 1. The lowest BCUT2D eigenvalue weighted by Crippen LogP contribution is -2.33. The largest absolute Gasteiger partial charge is 0.574 e. The lowest BCUT2D eigenvalue weighted by atomic mass is 9.91. The Morgan fingerprint density at radius 3 is 2.44 bits per heavy atom. The minimum absolute atomic E-state index is 0.0424. The molecule has 11 heteroatoms. The molecule has 1 aliphatic rings. The number of rotatable bonds is 4. The van der Waals surface area contributed by atoms with Crippen molar-refractivity contribution in [2.75, 3.05) is 5.32 Å². The van der Waals surface area contributed by atoms with Crippen LogP contribution in [0, 0.1) is 0 Å². The van der Waals surface area contributed by atoms with Crippen LogP contribution >= 0.6 is 23.2 Å². The average molecular weight is 423 g/mol. The van der Waals surface area contributed by atoms with E-state index in [0.29, 0.717) is 18.5 Å². The molecule has 0 spiro atoms. The van der Waals surface area contributed by atoms with E-state index in [1.807, 2.05) is 0 Å². The molecule has 0 aromatic carbocycles. The van der Waals surface area contributed by atoms with Crippen molar-refractivity contribution < 1.29 is 17.9 Å². The van der Waals surface area contributed by atoms with Gasteiger partial charge in [0, 0.05) is 12.1 Å². The number of anilines is 1. The Morgan fingerprint density at radius 1 is 1.15 bits per heavy atom. The number of alkyl halides is 3. The van der Waals surface area contributed by atoms with E-state index < -0.39 is 17.8 Å². The van der Waals surface area contributed by atoms with Crippen LogP contribution in [0.1, 0.15) is 31.7 Å². The van der Waals surface area contributed by atoms with Crippen LogP contribution in [0.5, 0.6) is 5.88 Å². The van der Waals surface area contributed by atoms with Gasteiger partial charge in [0.15, 0.2) is 0 Å². The predicted molar refractivity (Wildman–Crippen MR) is 94.4 cm³/mol. The van der Waals surface area contributed by atoms with E-state index in [2.05, 4.69) is 20.1 Å². The first-order valence-electron chi connectivity index (χ1n) is 8.14. The number of pyridine rings is 1. The maximum absolute atomic E-state index is 12.2. The average Bonchev–Trinajstić information content (AvgIpc) is 2.61. The van der Waals surface area contributed by atoms with Gasteiger partial charge >= 0.3 is 6.36 Å². The summed E-state index contributed by atoms with van der Waals surface area (Å²) in [6.45, 7) is 0. The summed E-state index contributed by atoms with van der Waals surface area (Å²) >= 11 is 11.7. The monoisotopic (exact) mass is 422 g/mol. The molecule has 2 aromatic heterocycles. The van der Waals surface area contributed by atoms with Gasteiger partial charge in [0.2, 0.25) is 5.88 Å². The van der Waals surface area contributed by atoms with Crippen molar-refractivity contribution in [1.29, 1.82) is 0 Å². The van der Waals surface area contributed by atoms with E-state index >= 15 is 0 Å². The second-order valence-corrected chi connectivity index (χ2v) is 6.92. The van der Waals surface area contributed by atoms with Gasteiger partial charge in [0.1, 0.15) is 5.02 Å². The third kappa shape index (κ3) is 5.04.